The highest BCUT2D eigenvalue weighted by Gasteiger charge is 2.21. The van der Waals surface area contributed by atoms with E-state index < -0.39 is 0 Å². The molecule has 5 nitrogen and oxygen atoms in total. The Morgan fingerprint density at radius 1 is 1.19 bits per heavy atom. The molecule has 1 amide bonds. The van der Waals surface area contributed by atoms with Crippen molar-refractivity contribution in [2.45, 2.75) is 57.9 Å². The van der Waals surface area contributed by atoms with E-state index >= 15 is 0 Å². The quantitative estimate of drug-likeness (QED) is 0.550. The highest BCUT2D eigenvalue weighted by Crippen LogP contribution is 2.23. The first-order valence-corrected chi connectivity index (χ1v) is 10.8. The molecule has 1 aromatic carbocycles. The van der Waals surface area contributed by atoms with Gasteiger partial charge in [0.25, 0.3) is 0 Å². The highest BCUT2D eigenvalue weighted by atomic mass is 32.1. The Balaban J connectivity index is 1.37. The second kappa shape index (κ2) is 10.0. The lowest BCUT2D eigenvalue weighted by Crippen LogP contribution is -2.40. The number of hydrogen-bond acceptors (Lipinski definition) is 3. The maximum atomic E-state index is 11.8. The summed E-state index contributed by atoms with van der Waals surface area (Å²) in [5.41, 5.74) is 1.92. The average molecular weight is 389 g/mol. The van der Waals surface area contributed by atoms with Crippen molar-refractivity contribution in [3.63, 3.8) is 0 Å². The minimum atomic E-state index is 0.215. The Morgan fingerprint density at radius 2 is 2.00 bits per heavy atom. The normalized spacial score (nSPS) is 20.7. The summed E-state index contributed by atoms with van der Waals surface area (Å²) in [6.45, 7) is 6.39. The lowest BCUT2D eigenvalue weighted by molar-refractivity contribution is -0.117. The molecule has 0 aliphatic carbocycles. The largest absolute Gasteiger partial charge is 0.362 e. The number of likely N-dealkylation sites (tertiary alicyclic amines) is 1. The molecule has 2 N–H and O–H groups in total. The van der Waals surface area contributed by atoms with Crippen LogP contribution < -0.4 is 15.5 Å². The van der Waals surface area contributed by atoms with Gasteiger partial charge in [0.15, 0.2) is 5.11 Å². The van der Waals surface area contributed by atoms with Crippen molar-refractivity contribution in [3.8, 4) is 0 Å². The van der Waals surface area contributed by atoms with Gasteiger partial charge < -0.3 is 20.4 Å². The summed E-state index contributed by atoms with van der Waals surface area (Å²) in [5.74, 6) is 0.215. The van der Waals surface area contributed by atoms with E-state index in [0.29, 0.717) is 11.5 Å². The van der Waals surface area contributed by atoms with Crippen LogP contribution in [0.2, 0.25) is 0 Å². The summed E-state index contributed by atoms with van der Waals surface area (Å²) in [4.78, 5) is 16.3. The van der Waals surface area contributed by atoms with Gasteiger partial charge in [0.05, 0.1) is 0 Å². The van der Waals surface area contributed by atoms with Crippen molar-refractivity contribution in [2.24, 2.45) is 0 Å². The summed E-state index contributed by atoms with van der Waals surface area (Å²) in [6, 6.07) is 8.69. The second-order valence-corrected chi connectivity index (χ2v) is 7.93. The average Bonchev–Trinajstić information content (AvgIpc) is 3.12. The molecule has 1 atom stereocenters. The van der Waals surface area contributed by atoms with E-state index in [9.17, 15) is 4.79 Å². The van der Waals surface area contributed by atoms with Crippen molar-refractivity contribution in [1.82, 2.24) is 10.2 Å². The summed E-state index contributed by atoms with van der Waals surface area (Å²) in [7, 11) is 0. The maximum Gasteiger partial charge on any atom is 0.227 e. The van der Waals surface area contributed by atoms with Gasteiger partial charge in [-0.15, -0.1) is 0 Å². The number of thiocarbonyl (C=S) groups is 1. The first-order valence-electron chi connectivity index (χ1n) is 10.4. The smallest absolute Gasteiger partial charge is 0.227 e. The molecule has 0 radical (unpaired) electrons. The topological polar surface area (TPSA) is 47.6 Å². The molecule has 2 heterocycles. The van der Waals surface area contributed by atoms with Crippen LogP contribution in [0.5, 0.6) is 0 Å². The van der Waals surface area contributed by atoms with Crippen LogP contribution in [-0.2, 0) is 4.79 Å². The molecule has 0 spiro atoms. The fourth-order valence-electron chi connectivity index (χ4n) is 4.12. The number of anilines is 2. The molecule has 3 rings (SSSR count). The minimum Gasteiger partial charge on any atom is -0.362 e. The number of carbonyl (C=O) groups is 1. The van der Waals surface area contributed by atoms with Crippen molar-refractivity contribution in [2.75, 3.05) is 36.4 Å². The molecule has 2 saturated heterocycles. The first kappa shape index (κ1) is 20.1. The molecule has 148 valence electrons. The number of nitrogens with zero attached hydrogens (tertiary/aromatic N) is 2. The third-order valence-electron chi connectivity index (χ3n) is 5.64. The van der Waals surface area contributed by atoms with Gasteiger partial charge in [-0.1, -0.05) is 13.3 Å². The number of rotatable bonds is 7. The minimum absolute atomic E-state index is 0.215. The van der Waals surface area contributed by atoms with Crippen LogP contribution in [0.4, 0.5) is 11.4 Å². The monoisotopic (exact) mass is 388 g/mol. The molecule has 0 saturated carbocycles. The van der Waals surface area contributed by atoms with E-state index in [0.717, 1.165) is 49.9 Å². The number of piperidine rings is 1. The third kappa shape index (κ3) is 5.66. The van der Waals surface area contributed by atoms with Gasteiger partial charge >= 0.3 is 0 Å². The molecule has 2 fully saturated rings. The highest BCUT2D eigenvalue weighted by molar-refractivity contribution is 7.80. The van der Waals surface area contributed by atoms with Crippen LogP contribution in [-0.4, -0.2) is 48.1 Å². The molecular weight excluding hydrogens is 356 g/mol. The predicted molar refractivity (Wildman–Crippen MR) is 116 cm³/mol. The van der Waals surface area contributed by atoms with E-state index in [1.807, 2.05) is 29.2 Å². The lowest BCUT2D eigenvalue weighted by atomic mass is 10.00. The fraction of sp³-hybridized carbons (Fsp3) is 0.619. The van der Waals surface area contributed by atoms with Gasteiger partial charge in [0.1, 0.15) is 0 Å². The molecule has 0 bridgehead atoms. The van der Waals surface area contributed by atoms with Gasteiger partial charge in [-0.05, 0) is 75.1 Å². The third-order valence-corrected chi connectivity index (χ3v) is 5.88. The molecule has 1 aromatic rings. The van der Waals surface area contributed by atoms with Gasteiger partial charge in [-0.3, -0.25) is 4.79 Å². The number of benzene rings is 1. The zero-order valence-corrected chi connectivity index (χ0v) is 17.2. The Bertz CT molecular complexity index is 634. The number of nitrogens with one attached hydrogen (secondary N) is 2. The van der Waals surface area contributed by atoms with E-state index in [1.165, 1.54) is 32.2 Å². The Kier molecular flexibility index (Phi) is 7.47. The summed E-state index contributed by atoms with van der Waals surface area (Å²) >= 11 is 5.41. The summed E-state index contributed by atoms with van der Waals surface area (Å²) < 4.78 is 0. The van der Waals surface area contributed by atoms with Gasteiger partial charge in [-0.2, -0.15) is 0 Å². The van der Waals surface area contributed by atoms with E-state index in [1.54, 1.807) is 0 Å². The fourth-order valence-corrected chi connectivity index (χ4v) is 4.34. The van der Waals surface area contributed by atoms with Crippen molar-refractivity contribution in [3.05, 3.63) is 24.3 Å². The zero-order valence-electron chi connectivity index (χ0n) is 16.4. The molecule has 2 aliphatic heterocycles. The molecular formula is C21H32N4OS. The van der Waals surface area contributed by atoms with Gasteiger partial charge in [0.2, 0.25) is 5.91 Å². The van der Waals surface area contributed by atoms with Crippen LogP contribution in [0, 0.1) is 0 Å². The van der Waals surface area contributed by atoms with E-state index in [4.69, 9.17) is 12.2 Å². The van der Waals surface area contributed by atoms with E-state index in [2.05, 4.69) is 22.5 Å². The van der Waals surface area contributed by atoms with Crippen LogP contribution in [0.15, 0.2) is 24.3 Å². The summed E-state index contributed by atoms with van der Waals surface area (Å²) in [5, 5.41) is 7.20. The first-order chi connectivity index (χ1) is 13.2. The van der Waals surface area contributed by atoms with Crippen molar-refractivity contribution < 1.29 is 4.79 Å². The number of carbonyl (C=O) groups excluding carboxylic acids is 1. The van der Waals surface area contributed by atoms with Gasteiger partial charge in [0, 0.05) is 43.5 Å². The lowest BCUT2D eigenvalue weighted by Gasteiger charge is -2.35. The standard InChI is InChI=1S/C21H32N4OS/c1-2-18-7-3-4-14-24(18)15-6-13-22-21(27)23-17-9-11-19(12-10-17)25-16-5-8-20(25)26/h9-12,18H,2-8,13-16H2,1H3,(H2,22,23,27)/t18-/m1/s1. The predicted octanol–water partition coefficient (Wildman–Crippen LogP) is 3.75. The Hall–Kier alpha value is -1.66. The van der Waals surface area contributed by atoms with Gasteiger partial charge in [-0.25, -0.2) is 0 Å². The summed E-state index contributed by atoms with van der Waals surface area (Å²) in [6.07, 6.45) is 8.03. The SMILES string of the molecule is CC[C@@H]1CCCCN1CCCNC(=S)Nc1ccc(N2CCCC2=O)cc1. The van der Waals surface area contributed by atoms with E-state index in [-0.39, 0.29) is 5.91 Å². The Morgan fingerprint density at radius 3 is 2.70 bits per heavy atom. The van der Waals surface area contributed by atoms with Crippen molar-refractivity contribution >= 4 is 34.6 Å². The molecule has 0 unspecified atom stereocenters. The number of hydrogen-bond donors (Lipinski definition) is 2. The van der Waals surface area contributed by atoms with Crippen LogP contribution in [0.3, 0.4) is 0 Å². The second-order valence-electron chi connectivity index (χ2n) is 7.52. The molecule has 0 aromatic heterocycles. The van der Waals surface area contributed by atoms with Crippen molar-refractivity contribution in [1.29, 1.82) is 0 Å². The molecule has 27 heavy (non-hydrogen) atoms. The Labute approximate surface area is 168 Å². The zero-order chi connectivity index (χ0) is 19.1. The van der Waals surface area contributed by atoms with Crippen LogP contribution in [0.1, 0.15) is 51.9 Å². The molecule has 6 heteroatoms. The van der Waals surface area contributed by atoms with Crippen LogP contribution in [0.25, 0.3) is 0 Å². The van der Waals surface area contributed by atoms with Crippen LogP contribution >= 0.6 is 12.2 Å². The number of amides is 1. The maximum absolute atomic E-state index is 11.8. The molecule has 2 aliphatic rings.